The molecule has 0 radical (unpaired) electrons. The van der Waals surface area contributed by atoms with E-state index in [9.17, 15) is 10.1 Å². The van der Waals surface area contributed by atoms with Gasteiger partial charge in [-0.15, -0.1) is 0 Å². The van der Waals surface area contributed by atoms with Crippen molar-refractivity contribution in [2.75, 3.05) is 0 Å². The van der Waals surface area contributed by atoms with Crippen LogP contribution in [0.15, 0.2) is 71.3 Å². The number of hydrogen-bond acceptors (Lipinski definition) is 5. The van der Waals surface area contributed by atoms with Crippen LogP contribution in [0.1, 0.15) is 36.3 Å². The lowest BCUT2D eigenvalue weighted by Gasteiger charge is -2.31. The average Bonchev–Trinajstić information content (AvgIpc) is 2.73. The van der Waals surface area contributed by atoms with E-state index in [0.29, 0.717) is 30.8 Å². The van der Waals surface area contributed by atoms with E-state index in [1.54, 1.807) is 0 Å². The van der Waals surface area contributed by atoms with Crippen LogP contribution in [0.25, 0.3) is 0 Å². The van der Waals surface area contributed by atoms with E-state index < -0.39 is 5.92 Å². The highest BCUT2D eigenvalue weighted by atomic mass is 127. The summed E-state index contributed by atoms with van der Waals surface area (Å²) in [5.74, 6) is 0.947. The van der Waals surface area contributed by atoms with E-state index in [1.165, 1.54) is 3.57 Å². The molecular weight excluding hydrogens is 479 g/mol. The molecule has 29 heavy (non-hydrogen) atoms. The third-order valence-electron chi connectivity index (χ3n) is 5.14. The molecule has 6 heteroatoms. The smallest absolute Gasteiger partial charge is 0.205 e. The first-order valence-corrected chi connectivity index (χ1v) is 10.5. The Kier molecular flexibility index (Phi) is 5.58. The predicted molar refractivity (Wildman–Crippen MR) is 116 cm³/mol. The molecule has 0 fully saturated rings. The first-order valence-electron chi connectivity index (χ1n) is 9.38. The van der Waals surface area contributed by atoms with Crippen molar-refractivity contribution >= 4 is 28.4 Å². The summed E-state index contributed by atoms with van der Waals surface area (Å²) in [6.07, 6.45) is 1.87. The molecule has 2 aliphatic rings. The lowest BCUT2D eigenvalue weighted by Crippen LogP contribution is -2.27. The first-order chi connectivity index (χ1) is 14.1. The number of hydrogen-bond donors (Lipinski definition) is 1. The highest BCUT2D eigenvalue weighted by Crippen LogP contribution is 2.43. The zero-order valence-corrected chi connectivity index (χ0v) is 17.8. The minimum Gasteiger partial charge on any atom is -0.489 e. The molecular formula is C23H19IN2O3. The second kappa shape index (κ2) is 8.29. The minimum absolute atomic E-state index is 0.0236. The Labute approximate surface area is 182 Å². The van der Waals surface area contributed by atoms with Crippen molar-refractivity contribution in [2.45, 2.75) is 31.8 Å². The van der Waals surface area contributed by atoms with E-state index in [2.05, 4.69) is 28.7 Å². The van der Waals surface area contributed by atoms with Gasteiger partial charge in [-0.3, -0.25) is 4.79 Å². The standard InChI is InChI=1S/C23H19IN2O3/c24-16-8-4-14(5-9-16)13-28-17-10-6-15(7-11-17)21-18(12-25)23(26)29-20-3-1-2-19(27)22(20)21/h4-11,21H,1-3,13,26H2/t21-/m1/s1. The molecule has 0 amide bonds. The number of carbonyl (C=O) groups is 1. The SMILES string of the molecule is N#CC1=C(N)OC2=C(C(=O)CCC2)[C@@H]1c1ccc(OCc2ccc(I)cc2)cc1. The molecule has 2 N–H and O–H groups in total. The van der Waals surface area contributed by atoms with Gasteiger partial charge >= 0.3 is 0 Å². The van der Waals surface area contributed by atoms with E-state index in [0.717, 1.165) is 23.3 Å². The molecule has 1 aliphatic carbocycles. The van der Waals surface area contributed by atoms with Crippen LogP contribution in [0.3, 0.4) is 0 Å². The molecule has 2 aromatic carbocycles. The molecule has 1 heterocycles. The lowest BCUT2D eigenvalue weighted by molar-refractivity contribution is -0.116. The lowest BCUT2D eigenvalue weighted by atomic mass is 9.77. The van der Waals surface area contributed by atoms with Gasteiger partial charge in [-0.1, -0.05) is 24.3 Å². The van der Waals surface area contributed by atoms with Crippen LogP contribution in [-0.2, 0) is 16.1 Å². The van der Waals surface area contributed by atoms with E-state index in [1.807, 2.05) is 48.5 Å². The van der Waals surface area contributed by atoms with Crippen molar-refractivity contribution in [1.82, 2.24) is 0 Å². The fourth-order valence-electron chi connectivity index (χ4n) is 3.69. The monoisotopic (exact) mass is 498 g/mol. The topological polar surface area (TPSA) is 85.3 Å². The molecule has 0 bridgehead atoms. The van der Waals surface area contributed by atoms with Gasteiger partial charge in [-0.25, -0.2) is 0 Å². The summed E-state index contributed by atoms with van der Waals surface area (Å²) in [6, 6.07) is 17.8. The maximum Gasteiger partial charge on any atom is 0.205 e. The number of nitrogens with two attached hydrogens (primary N) is 1. The van der Waals surface area contributed by atoms with E-state index in [-0.39, 0.29) is 17.2 Å². The van der Waals surface area contributed by atoms with Gasteiger partial charge in [-0.05, 0) is 64.4 Å². The Hall–Kier alpha value is -2.79. The Balaban J connectivity index is 1.58. The second-order valence-corrected chi connectivity index (χ2v) is 8.27. The molecule has 0 spiro atoms. The van der Waals surface area contributed by atoms with Crippen LogP contribution in [0.2, 0.25) is 0 Å². The highest BCUT2D eigenvalue weighted by molar-refractivity contribution is 14.1. The summed E-state index contributed by atoms with van der Waals surface area (Å²) in [5, 5.41) is 9.63. The number of ether oxygens (including phenoxy) is 2. The second-order valence-electron chi connectivity index (χ2n) is 7.02. The summed E-state index contributed by atoms with van der Waals surface area (Å²) in [4.78, 5) is 12.6. The van der Waals surface area contributed by atoms with Gasteiger partial charge in [0, 0.05) is 22.0 Å². The van der Waals surface area contributed by atoms with Crippen LogP contribution < -0.4 is 10.5 Å². The number of carbonyl (C=O) groups excluding carboxylic acids is 1. The van der Waals surface area contributed by atoms with Gasteiger partial charge in [0.2, 0.25) is 5.88 Å². The molecule has 146 valence electrons. The molecule has 1 atom stereocenters. The first kappa shape index (κ1) is 19.5. The van der Waals surface area contributed by atoms with Crippen LogP contribution in [0, 0.1) is 14.9 Å². The Morgan fingerprint density at radius 3 is 2.55 bits per heavy atom. The van der Waals surface area contributed by atoms with Crippen LogP contribution in [-0.4, -0.2) is 5.78 Å². The molecule has 1 aliphatic heterocycles. The minimum atomic E-state index is -0.484. The quantitative estimate of drug-likeness (QED) is 0.619. The van der Waals surface area contributed by atoms with Crippen molar-refractivity contribution in [1.29, 1.82) is 5.26 Å². The number of Topliss-reactive ketones (excluding diaryl/α,β-unsaturated/α-hetero) is 1. The number of ketones is 1. The summed E-state index contributed by atoms with van der Waals surface area (Å²) < 4.78 is 12.7. The summed E-state index contributed by atoms with van der Waals surface area (Å²) in [6.45, 7) is 0.470. The van der Waals surface area contributed by atoms with Crippen molar-refractivity contribution in [3.8, 4) is 11.8 Å². The number of allylic oxidation sites excluding steroid dienone is 3. The zero-order valence-electron chi connectivity index (χ0n) is 15.7. The third-order valence-corrected chi connectivity index (χ3v) is 5.86. The van der Waals surface area contributed by atoms with E-state index in [4.69, 9.17) is 15.2 Å². The van der Waals surface area contributed by atoms with Gasteiger partial charge in [0.25, 0.3) is 0 Å². The number of nitriles is 1. The fourth-order valence-corrected chi connectivity index (χ4v) is 4.05. The van der Waals surface area contributed by atoms with Gasteiger partial charge in [0.05, 0.1) is 5.92 Å². The normalized spacial score (nSPS) is 18.8. The maximum absolute atomic E-state index is 12.6. The third kappa shape index (κ3) is 4.01. The molecule has 0 saturated carbocycles. The van der Waals surface area contributed by atoms with Crippen molar-refractivity contribution in [3.05, 3.63) is 86.0 Å². The van der Waals surface area contributed by atoms with Crippen LogP contribution >= 0.6 is 22.6 Å². The number of halogens is 1. The largest absolute Gasteiger partial charge is 0.489 e. The zero-order chi connectivity index (χ0) is 20.4. The predicted octanol–water partition coefficient (Wildman–Crippen LogP) is 4.68. The van der Waals surface area contributed by atoms with Crippen molar-refractivity contribution < 1.29 is 14.3 Å². The van der Waals surface area contributed by atoms with Crippen LogP contribution in [0.5, 0.6) is 5.75 Å². The van der Waals surface area contributed by atoms with Gasteiger partial charge in [0.1, 0.15) is 29.8 Å². The summed E-state index contributed by atoms with van der Waals surface area (Å²) >= 11 is 2.27. The molecule has 2 aromatic rings. The summed E-state index contributed by atoms with van der Waals surface area (Å²) in [5.41, 5.74) is 8.75. The summed E-state index contributed by atoms with van der Waals surface area (Å²) in [7, 11) is 0. The Bertz CT molecular complexity index is 1050. The highest BCUT2D eigenvalue weighted by Gasteiger charge is 2.37. The van der Waals surface area contributed by atoms with Gasteiger partial charge < -0.3 is 15.2 Å². The van der Waals surface area contributed by atoms with Crippen molar-refractivity contribution in [2.24, 2.45) is 5.73 Å². The van der Waals surface area contributed by atoms with Crippen molar-refractivity contribution in [3.63, 3.8) is 0 Å². The molecule has 0 saturated heterocycles. The molecule has 4 rings (SSSR count). The number of benzene rings is 2. The average molecular weight is 498 g/mol. The molecule has 5 nitrogen and oxygen atoms in total. The van der Waals surface area contributed by atoms with Gasteiger partial charge in [-0.2, -0.15) is 5.26 Å². The Morgan fingerprint density at radius 2 is 1.86 bits per heavy atom. The van der Waals surface area contributed by atoms with E-state index >= 15 is 0 Å². The maximum atomic E-state index is 12.6. The Morgan fingerprint density at radius 1 is 1.14 bits per heavy atom. The van der Waals surface area contributed by atoms with Crippen LogP contribution in [0.4, 0.5) is 0 Å². The molecule has 0 aromatic heterocycles. The number of rotatable bonds is 4. The van der Waals surface area contributed by atoms with Gasteiger partial charge in [0.15, 0.2) is 5.78 Å². The molecule has 0 unspecified atom stereocenters. The number of nitrogens with zero attached hydrogens (tertiary/aromatic N) is 1. The fraction of sp³-hybridized carbons (Fsp3) is 0.217.